The maximum absolute atomic E-state index is 12.5. The number of nitrogens with one attached hydrogen (secondary N) is 1. The highest BCUT2D eigenvalue weighted by Gasteiger charge is 2.26. The Morgan fingerprint density at radius 2 is 2.12 bits per heavy atom. The molecule has 1 N–H and O–H groups in total. The molecule has 0 radical (unpaired) electrons. The van der Waals surface area contributed by atoms with Crippen molar-refractivity contribution >= 4 is 6.03 Å². The number of nitrogens with zero attached hydrogens (tertiary/aromatic N) is 4. The van der Waals surface area contributed by atoms with Crippen molar-refractivity contribution in [3.63, 3.8) is 0 Å². The summed E-state index contributed by atoms with van der Waals surface area (Å²) in [7, 11) is 1.98. The number of aryl methyl sites for hydroxylation is 3. The highest BCUT2D eigenvalue weighted by Crippen LogP contribution is 2.27. The molecule has 1 aliphatic heterocycles. The largest absolute Gasteiger partial charge is 0.361 e. The lowest BCUT2D eigenvalue weighted by Crippen LogP contribution is -2.45. The van der Waals surface area contributed by atoms with Gasteiger partial charge < -0.3 is 14.7 Å². The second-order valence-corrected chi connectivity index (χ2v) is 6.97. The van der Waals surface area contributed by atoms with Crippen molar-refractivity contribution in [2.75, 3.05) is 19.6 Å². The first-order valence-electron chi connectivity index (χ1n) is 8.90. The quantitative estimate of drug-likeness (QED) is 0.924. The fourth-order valence-electron chi connectivity index (χ4n) is 3.81. The zero-order chi connectivity index (χ0) is 18.0. The minimum atomic E-state index is 0.0158. The van der Waals surface area contributed by atoms with Crippen molar-refractivity contribution in [2.24, 2.45) is 7.05 Å². The molecule has 1 fully saturated rings. The molecule has 0 aromatic carbocycles. The fraction of sp³-hybridized carbons (Fsp3) is 0.611. The van der Waals surface area contributed by atoms with Gasteiger partial charge in [-0.25, -0.2) is 4.79 Å². The van der Waals surface area contributed by atoms with E-state index in [4.69, 9.17) is 4.52 Å². The van der Waals surface area contributed by atoms with Gasteiger partial charge in [-0.1, -0.05) is 12.1 Å². The Hall–Kier alpha value is -2.31. The molecule has 0 spiro atoms. The predicted molar refractivity (Wildman–Crippen MR) is 94.5 cm³/mol. The maximum Gasteiger partial charge on any atom is 0.317 e. The number of piperidine rings is 1. The van der Waals surface area contributed by atoms with E-state index in [0.29, 0.717) is 12.5 Å². The molecule has 1 saturated heterocycles. The number of hydrogen-bond acceptors (Lipinski definition) is 4. The first-order chi connectivity index (χ1) is 12.0. The lowest BCUT2D eigenvalue weighted by molar-refractivity contribution is 0.180. The third-order valence-corrected chi connectivity index (χ3v) is 5.20. The Kier molecular flexibility index (Phi) is 5.11. The fourth-order valence-corrected chi connectivity index (χ4v) is 3.81. The van der Waals surface area contributed by atoms with Crippen LogP contribution in [0, 0.1) is 13.8 Å². The van der Waals surface area contributed by atoms with Crippen LogP contribution in [0.4, 0.5) is 4.79 Å². The van der Waals surface area contributed by atoms with E-state index in [1.807, 2.05) is 36.7 Å². The van der Waals surface area contributed by atoms with Crippen molar-refractivity contribution in [1.29, 1.82) is 0 Å². The summed E-state index contributed by atoms with van der Waals surface area (Å²) in [5.74, 6) is 1.50. The number of urea groups is 1. The number of likely N-dealkylation sites (tertiary alicyclic amines) is 1. The molecule has 2 aromatic heterocycles. The van der Waals surface area contributed by atoms with Crippen molar-refractivity contribution < 1.29 is 9.32 Å². The molecule has 2 amide bonds. The summed E-state index contributed by atoms with van der Waals surface area (Å²) in [5, 5.41) is 11.3. The molecule has 7 nitrogen and oxygen atoms in total. The summed E-state index contributed by atoms with van der Waals surface area (Å²) in [5.41, 5.74) is 3.25. The lowest BCUT2D eigenvalue weighted by atomic mass is 9.93. The van der Waals surface area contributed by atoms with Crippen LogP contribution in [0.25, 0.3) is 0 Å². The van der Waals surface area contributed by atoms with Gasteiger partial charge in [0.2, 0.25) is 0 Å². The van der Waals surface area contributed by atoms with Crippen LogP contribution in [0.5, 0.6) is 0 Å². The van der Waals surface area contributed by atoms with Crippen LogP contribution in [0.3, 0.4) is 0 Å². The van der Waals surface area contributed by atoms with Gasteiger partial charge in [0, 0.05) is 56.0 Å². The molecular formula is C18H27N5O2. The zero-order valence-electron chi connectivity index (χ0n) is 15.5. The smallest absolute Gasteiger partial charge is 0.317 e. The predicted octanol–water partition coefficient (Wildman–Crippen LogP) is 2.72. The van der Waals surface area contributed by atoms with E-state index in [1.165, 1.54) is 5.69 Å². The van der Waals surface area contributed by atoms with Gasteiger partial charge in [0.25, 0.3) is 0 Å². The summed E-state index contributed by atoms with van der Waals surface area (Å²) in [4.78, 5) is 14.4. The summed E-state index contributed by atoms with van der Waals surface area (Å²) in [6, 6.07) is 2.09. The van der Waals surface area contributed by atoms with Crippen molar-refractivity contribution in [1.82, 2.24) is 25.2 Å². The van der Waals surface area contributed by atoms with E-state index in [0.717, 1.165) is 42.9 Å². The molecule has 0 bridgehead atoms. The van der Waals surface area contributed by atoms with Crippen LogP contribution in [0.15, 0.2) is 16.8 Å². The maximum atomic E-state index is 12.5. The van der Waals surface area contributed by atoms with E-state index in [1.54, 1.807) is 0 Å². The lowest BCUT2D eigenvalue weighted by Gasteiger charge is -2.32. The molecule has 3 heterocycles. The molecule has 0 aliphatic carbocycles. The molecule has 2 aromatic rings. The summed E-state index contributed by atoms with van der Waals surface area (Å²) < 4.78 is 7.15. The van der Waals surface area contributed by atoms with Gasteiger partial charge in [0.1, 0.15) is 5.76 Å². The first-order valence-corrected chi connectivity index (χ1v) is 8.90. The van der Waals surface area contributed by atoms with Crippen molar-refractivity contribution in [2.45, 2.75) is 45.4 Å². The minimum absolute atomic E-state index is 0.0158. The topological polar surface area (TPSA) is 76.2 Å². The molecule has 136 valence electrons. The second kappa shape index (κ2) is 7.29. The SMILES string of the molecule is Cc1noc(C)c1[C@@H](C)CNC(=O)N1CCC(c2ccnn2C)CC1. The van der Waals surface area contributed by atoms with Gasteiger partial charge in [-0.2, -0.15) is 5.10 Å². The van der Waals surface area contributed by atoms with Crippen LogP contribution in [-0.4, -0.2) is 45.5 Å². The molecule has 7 heteroatoms. The van der Waals surface area contributed by atoms with E-state index >= 15 is 0 Å². The van der Waals surface area contributed by atoms with Crippen LogP contribution in [0.1, 0.15) is 54.3 Å². The van der Waals surface area contributed by atoms with E-state index in [2.05, 4.69) is 28.6 Å². The van der Waals surface area contributed by atoms with Gasteiger partial charge in [-0.05, 0) is 32.8 Å². The average molecular weight is 345 g/mol. The summed E-state index contributed by atoms with van der Waals surface area (Å²) in [6.45, 7) is 8.08. The number of carbonyl (C=O) groups is 1. The molecule has 0 saturated carbocycles. The van der Waals surface area contributed by atoms with E-state index in [9.17, 15) is 4.79 Å². The highest BCUT2D eigenvalue weighted by atomic mass is 16.5. The summed E-state index contributed by atoms with van der Waals surface area (Å²) in [6.07, 6.45) is 3.79. The average Bonchev–Trinajstić information content (AvgIpc) is 3.18. The van der Waals surface area contributed by atoms with E-state index in [-0.39, 0.29) is 11.9 Å². The zero-order valence-corrected chi connectivity index (χ0v) is 15.5. The number of aromatic nitrogens is 3. The number of carbonyl (C=O) groups excluding carboxylic acids is 1. The van der Waals surface area contributed by atoms with Gasteiger partial charge in [-0.3, -0.25) is 4.68 Å². The van der Waals surface area contributed by atoms with Crippen LogP contribution in [-0.2, 0) is 7.05 Å². The van der Waals surface area contributed by atoms with Gasteiger partial charge in [0.15, 0.2) is 0 Å². The Bertz CT molecular complexity index is 708. The number of rotatable bonds is 4. The van der Waals surface area contributed by atoms with Gasteiger partial charge in [0.05, 0.1) is 5.69 Å². The third-order valence-electron chi connectivity index (χ3n) is 5.20. The molecular weight excluding hydrogens is 318 g/mol. The monoisotopic (exact) mass is 345 g/mol. The van der Waals surface area contributed by atoms with Crippen LogP contribution < -0.4 is 5.32 Å². The van der Waals surface area contributed by atoms with Crippen molar-refractivity contribution in [3.8, 4) is 0 Å². The highest BCUT2D eigenvalue weighted by molar-refractivity contribution is 5.74. The Morgan fingerprint density at radius 1 is 1.40 bits per heavy atom. The normalized spacial score (nSPS) is 16.9. The second-order valence-electron chi connectivity index (χ2n) is 6.97. The Balaban J connectivity index is 1.49. The molecule has 25 heavy (non-hydrogen) atoms. The van der Waals surface area contributed by atoms with E-state index < -0.39 is 0 Å². The number of amides is 2. The Morgan fingerprint density at radius 3 is 2.68 bits per heavy atom. The van der Waals surface area contributed by atoms with Crippen molar-refractivity contribution in [3.05, 3.63) is 35.0 Å². The molecule has 1 atom stereocenters. The standard InChI is InChI=1S/C18H27N5O2/c1-12(17-13(2)21-25-14(17)3)11-19-18(24)23-9-6-15(7-10-23)16-5-8-20-22(16)4/h5,8,12,15H,6-7,9-11H2,1-4H3,(H,19,24)/t12-/m0/s1. The Labute approximate surface area is 148 Å². The first kappa shape index (κ1) is 17.5. The van der Waals surface area contributed by atoms with Gasteiger partial charge in [-0.15, -0.1) is 0 Å². The number of hydrogen-bond donors (Lipinski definition) is 1. The summed E-state index contributed by atoms with van der Waals surface area (Å²) >= 11 is 0. The molecule has 1 aliphatic rings. The van der Waals surface area contributed by atoms with Crippen LogP contribution >= 0.6 is 0 Å². The minimum Gasteiger partial charge on any atom is -0.361 e. The molecule has 3 rings (SSSR count). The molecule has 0 unspecified atom stereocenters. The third kappa shape index (κ3) is 3.70. The van der Waals surface area contributed by atoms with Gasteiger partial charge >= 0.3 is 6.03 Å². The van der Waals surface area contributed by atoms with Crippen LogP contribution in [0.2, 0.25) is 0 Å².